The molecule has 5 heteroatoms. The van der Waals surface area contributed by atoms with Crippen LogP contribution in [0.15, 0.2) is 0 Å². The van der Waals surface area contributed by atoms with Crippen LogP contribution in [0.1, 0.15) is 0 Å². The molecular weight excluding hydrogens is 343 g/mol. The molecule has 0 saturated carbocycles. The van der Waals surface area contributed by atoms with E-state index < -0.39 is 0 Å². The SMILES string of the molecule is [AlH3].[Cu].[La].[Mn].[Ni]. The molecule has 37 valence electrons. The van der Waals surface area contributed by atoms with Crippen LogP contribution in [-0.4, -0.2) is 17.4 Å². The minimum atomic E-state index is 0. The third kappa shape index (κ3) is 18.9. The molecule has 0 aromatic carbocycles. The molecule has 0 rings (SSSR count). The Morgan fingerprint density at radius 2 is 1.00 bits per heavy atom. The van der Waals surface area contributed by atoms with Crippen molar-refractivity contribution >= 4 is 17.4 Å². The van der Waals surface area contributed by atoms with Gasteiger partial charge in [0.05, 0.1) is 0 Å². The van der Waals surface area contributed by atoms with E-state index in [-0.39, 0.29) is 104 Å². The summed E-state index contributed by atoms with van der Waals surface area (Å²) in [5, 5.41) is 0. The van der Waals surface area contributed by atoms with E-state index in [1.807, 2.05) is 0 Å². The van der Waals surface area contributed by atoms with Crippen LogP contribution >= 0.6 is 0 Å². The van der Waals surface area contributed by atoms with Crippen molar-refractivity contribution in [1.82, 2.24) is 0 Å². The minimum absolute atomic E-state index is 0. The van der Waals surface area contributed by atoms with Gasteiger partial charge < -0.3 is 0 Å². The molecule has 0 bridgehead atoms. The summed E-state index contributed by atoms with van der Waals surface area (Å²) in [5.74, 6) is 0. The summed E-state index contributed by atoms with van der Waals surface area (Å²) in [5.41, 5.74) is 0. The van der Waals surface area contributed by atoms with Gasteiger partial charge in [-0.05, 0) is 0 Å². The fraction of sp³-hybridized carbons (Fsp3) is 0. The molecule has 0 aliphatic carbocycles. The predicted molar refractivity (Wildman–Crippen MR) is 9.94 cm³/mol. The van der Waals surface area contributed by atoms with Crippen LogP contribution < -0.4 is 0 Å². The Morgan fingerprint density at radius 3 is 1.00 bits per heavy atom. The molecule has 0 N–H and O–H groups in total. The van der Waals surface area contributed by atoms with Crippen LogP contribution in [-0.2, 0) is 50.6 Å². The van der Waals surface area contributed by atoms with Crippen LogP contribution in [0.4, 0.5) is 0 Å². The molecule has 0 aliphatic heterocycles. The van der Waals surface area contributed by atoms with E-state index in [1.54, 1.807) is 0 Å². The first-order chi connectivity index (χ1) is 0. The first-order valence-corrected chi connectivity index (χ1v) is 0. The smallest absolute Gasteiger partial charge is 0 e. The summed E-state index contributed by atoms with van der Waals surface area (Å²) in [6.07, 6.45) is 0. The number of rotatable bonds is 0. The molecular formula is H3AlCuLaMnNi. The molecule has 0 unspecified atom stereocenters. The maximum Gasteiger partial charge on any atom is 0.187 e. The van der Waals surface area contributed by atoms with E-state index in [0.717, 1.165) is 0 Å². The fourth-order valence-electron chi connectivity index (χ4n) is 0. The van der Waals surface area contributed by atoms with E-state index in [4.69, 9.17) is 0 Å². The average Bonchev–Trinajstić information content (AvgIpc) is 0. The maximum atomic E-state index is 0. The zero-order valence-corrected chi connectivity index (χ0v) is 8.31. The van der Waals surface area contributed by atoms with Gasteiger partial charge in [0.25, 0.3) is 0 Å². The molecule has 0 heterocycles. The summed E-state index contributed by atoms with van der Waals surface area (Å²) in [6, 6.07) is 0. The largest absolute Gasteiger partial charge is 0.187 e. The monoisotopic (exact) mass is 345 g/mol. The summed E-state index contributed by atoms with van der Waals surface area (Å²) in [7, 11) is 0. The van der Waals surface area contributed by atoms with Gasteiger partial charge in [-0.15, -0.1) is 0 Å². The molecule has 3 radical (unpaired) electrons. The zero-order valence-electron chi connectivity index (χ0n) is 1.57. The van der Waals surface area contributed by atoms with Crippen molar-refractivity contribution in [3.05, 3.63) is 0 Å². The molecule has 0 atom stereocenters. The Hall–Kier alpha value is 3.26. The second kappa shape index (κ2) is 26.8. The Labute approximate surface area is 102 Å². The predicted octanol–water partition coefficient (Wildman–Crippen LogP) is -1.19. The van der Waals surface area contributed by atoms with Crippen molar-refractivity contribution in [1.29, 1.82) is 0 Å². The van der Waals surface area contributed by atoms with E-state index >= 15 is 0 Å². The van der Waals surface area contributed by atoms with Crippen molar-refractivity contribution in [3.8, 4) is 0 Å². The molecule has 0 saturated heterocycles. The van der Waals surface area contributed by atoms with E-state index in [1.165, 1.54) is 0 Å². The molecule has 0 nitrogen and oxygen atoms in total. The quantitative estimate of drug-likeness (QED) is 0.484. The first-order valence-electron chi connectivity index (χ1n) is 0. The summed E-state index contributed by atoms with van der Waals surface area (Å²) >= 11 is 0. The molecule has 0 aromatic heterocycles. The van der Waals surface area contributed by atoms with Crippen LogP contribution in [0.5, 0.6) is 0 Å². The normalized spacial score (nSPS) is 0. The minimum Gasteiger partial charge on any atom is 0 e. The van der Waals surface area contributed by atoms with Crippen LogP contribution in [0, 0.1) is 35.6 Å². The third-order valence-electron chi connectivity index (χ3n) is 0. The molecule has 0 amide bonds. The van der Waals surface area contributed by atoms with Gasteiger partial charge in [-0.2, -0.15) is 0 Å². The topological polar surface area (TPSA) is 0 Å². The third-order valence-corrected chi connectivity index (χ3v) is 0. The maximum absolute atomic E-state index is 0. The van der Waals surface area contributed by atoms with Gasteiger partial charge in [-0.3, -0.25) is 0 Å². The van der Waals surface area contributed by atoms with Gasteiger partial charge in [0, 0.05) is 86.2 Å². The fourth-order valence-corrected chi connectivity index (χ4v) is 0. The second-order valence-electron chi connectivity index (χ2n) is 0. The molecule has 5 heavy (non-hydrogen) atoms. The first kappa shape index (κ1) is 41.0. The van der Waals surface area contributed by atoms with Gasteiger partial charge >= 0.3 is 0 Å². The van der Waals surface area contributed by atoms with Gasteiger partial charge in [0.2, 0.25) is 0 Å². The summed E-state index contributed by atoms with van der Waals surface area (Å²) in [4.78, 5) is 0. The summed E-state index contributed by atoms with van der Waals surface area (Å²) < 4.78 is 0. The van der Waals surface area contributed by atoms with Crippen molar-refractivity contribution in [2.75, 3.05) is 0 Å². The average molecular weight is 346 g/mol. The van der Waals surface area contributed by atoms with Crippen LogP contribution in [0.25, 0.3) is 0 Å². The standard InChI is InChI=1S/Al.Cu.La.Mn.Ni.3H. The molecule has 0 spiro atoms. The number of hydrogen-bond donors (Lipinski definition) is 0. The van der Waals surface area contributed by atoms with Gasteiger partial charge in [0.1, 0.15) is 0 Å². The Kier molecular flexibility index (Phi) is 219. The number of hydrogen-bond acceptors (Lipinski definition) is 0. The van der Waals surface area contributed by atoms with Gasteiger partial charge in [-0.25, -0.2) is 0 Å². The molecule has 0 fully saturated rings. The van der Waals surface area contributed by atoms with Crippen molar-refractivity contribution < 1.29 is 86.2 Å². The Bertz CT molecular complexity index is 11.6. The van der Waals surface area contributed by atoms with Crippen molar-refractivity contribution in [2.24, 2.45) is 0 Å². The van der Waals surface area contributed by atoms with Crippen LogP contribution in [0.2, 0.25) is 0 Å². The Morgan fingerprint density at radius 1 is 1.00 bits per heavy atom. The van der Waals surface area contributed by atoms with Gasteiger partial charge in [-0.1, -0.05) is 0 Å². The summed E-state index contributed by atoms with van der Waals surface area (Å²) in [6.45, 7) is 0. The van der Waals surface area contributed by atoms with E-state index in [2.05, 4.69) is 0 Å². The van der Waals surface area contributed by atoms with Gasteiger partial charge in [0.15, 0.2) is 17.4 Å². The van der Waals surface area contributed by atoms with Crippen molar-refractivity contribution in [3.63, 3.8) is 0 Å². The van der Waals surface area contributed by atoms with Crippen LogP contribution in [0.3, 0.4) is 0 Å². The zero-order chi connectivity index (χ0) is 0. The van der Waals surface area contributed by atoms with E-state index in [0.29, 0.717) is 0 Å². The van der Waals surface area contributed by atoms with E-state index in [9.17, 15) is 0 Å². The molecule has 0 aliphatic rings. The van der Waals surface area contributed by atoms with Crippen molar-refractivity contribution in [2.45, 2.75) is 0 Å². The molecule has 0 aromatic rings. The second-order valence-corrected chi connectivity index (χ2v) is 0. The Balaban J connectivity index is 0.